The number of benzene rings is 3. The van der Waals surface area contributed by atoms with Gasteiger partial charge in [-0.25, -0.2) is 15.0 Å². The number of methoxy groups -OCH3 is 1. The Hall–Kier alpha value is -3.28. The molecular formula is C31H28Cl2I2N4O7. The number of hydrazone groups is 1. The maximum atomic E-state index is 12.6. The van der Waals surface area contributed by atoms with E-state index in [1.807, 2.05) is 18.2 Å². The molecule has 0 spiro atoms. The third-order valence-corrected chi connectivity index (χ3v) is 8.78. The molecule has 46 heavy (non-hydrogen) atoms. The molecular weight excluding hydrogens is 865 g/mol. The average molecular weight is 893 g/mol. The molecule has 15 heteroatoms. The van der Waals surface area contributed by atoms with E-state index < -0.39 is 23.9 Å². The third kappa shape index (κ3) is 9.17. The van der Waals surface area contributed by atoms with Gasteiger partial charge in [-0.05, 0) is 112 Å². The summed E-state index contributed by atoms with van der Waals surface area (Å²) in [5.74, 6) is 0.245. The van der Waals surface area contributed by atoms with Crippen LogP contribution in [-0.4, -0.2) is 44.4 Å². The van der Waals surface area contributed by atoms with Gasteiger partial charge in [0, 0.05) is 5.70 Å². The number of amides is 3. The van der Waals surface area contributed by atoms with Crippen molar-refractivity contribution in [2.24, 2.45) is 5.10 Å². The zero-order valence-electron chi connectivity index (χ0n) is 24.7. The molecule has 4 rings (SSSR count). The molecule has 11 nitrogen and oxygen atoms in total. The van der Waals surface area contributed by atoms with Crippen molar-refractivity contribution in [2.75, 3.05) is 20.3 Å². The summed E-state index contributed by atoms with van der Waals surface area (Å²) in [7, 11) is 1.44. The first-order chi connectivity index (χ1) is 22.0. The van der Waals surface area contributed by atoms with Crippen molar-refractivity contribution in [3.05, 3.63) is 93.7 Å². The van der Waals surface area contributed by atoms with Crippen molar-refractivity contribution in [2.45, 2.75) is 26.5 Å². The lowest BCUT2D eigenvalue weighted by molar-refractivity contribution is -0.139. The normalized spacial score (nSPS) is 14.4. The van der Waals surface area contributed by atoms with Crippen molar-refractivity contribution in [3.63, 3.8) is 0 Å². The smallest absolute Gasteiger partial charge is 0.338 e. The first kappa shape index (κ1) is 35.6. The van der Waals surface area contributed by atoms with E-state index in [1.165, 1.54) is 13.3 Å². The largest absolute Gasteiger partial charge is 0.493 e. The van der Waals surface area contributed by atoms with Gasteiger partial charge in [0.1, 0.15) is 12.4 Å². The van der Waals surface area contributed by atoms with Gasteiger partial charge in [0.2, 0.25) is 0 Å². The quantitative estimate of drug-likeness (QED) is 0.0817. The van der Waals surface area contributed by atoms with Crippen molar-refractivity contribution >= 4 is 92.5 Å². The molecule has 3 N–H and O–H groups in total. The Balaban J connectivity index is 1.35. The Morgan fingerprint density at radius 2 is 1.76 bits per heavy atom. The number of esters is 1. The van der Waals surface area contributed by atoms with E-state index in [1.54, 1.807) is 44.2 Å². The molecule has 3 aromatic carbocycles. The van der Waals surface area contributed by atoms with E-state index in [4.69, 9.17) is 42.1 Å². The van der Waals surface area contributed by atoms with E-state index in [0.29, 0.717) is 39.4 Å². The molecule has 0 unspecified atom stereocenters. The highest BCUT2D eigenvalue weighted by Crippen LogP contribution is 2.35. The van der Waals surface area contributed by atoms with Crippen LogP contribution in [0, 0.1) is 7.14 Å². The highest BCUT2D eigenvalue weighted by Gasteiger charge is 2.32. The topological polar surface area (TPSA) is 137 Å². The van der Waals surface area contributed by atoms with Crippen LogP contribution in [0.3, 0.4) is 0 Å². The van der Waals surface area contributed by atoms with E-state index in [2.05, 4.69) is 66.3 Å². The summed E-state index contributed by atoms with van der Waals surface area (Å²) < 4.78 is 24.0. The molecule has 1 atom stereocenters. The fraction of sp³-hybridized carbons (Fsp3) is 0.226. The third-order valence-electron chi connectivity index (χ3n) is 6.43. The van der Waals surface area contributed by atoms with E-state index in [0.717, 1.165) is 18.3 Å². The summed E-state index contributed by atoms with van der Waals surface area (Å²) in [6.45, 7) is 3.48. The standard InChI is InChI=1S/C31H28Cl2I2N4O7/c1-4-44-30(41)27-16(2)37-31(42)38-28(27)19-6-8-24(25(12-19)43-3)45-15-26(40)39-36-13-18-10-22(34)29(23(35)11-18)46-14-17-5-7-20(32)21(33)9-17/h5-13,28H,4,14-15H2,1-3H3,(H,39,40)(H2,37,38,42)/b36-13+/t28-/m1/s1. The molecule has 1 aliphatic heterocycles. The van der Waals surface area contributed by atoms with E-state index in [9.17, 15) is 14.4 Å². The summed E-state index contributed by atoms with van der Waals surface area (Å²) in [5, 5.41) is 10.3. The number of carbonyl (C=O) groups is 3. The fourth-order valence-electron chi connectivity index (χ4n) is 4.34. The number of allylic oxidation sites excluding steroid dienone is 1. The lowest BCUT2D eigenvalue weighted by Crippen LogP contribution is -2.45. The van der Waals surface area contributed by atoms with Gasteiger partial charge in [0.25, 0.3) is 5.91 Å². The number of halogens is 4. The van der Waals surface area contributed by atoms with Gasteiger partial charge >= 0.3 is 12.0 Å². The molecule has 0 fully saturated rings. The fourth-order valence-corrected chi connectivity index (χ4v) is 6.79. The van der Waals surface area contributed by atoms with Crippen LogP contribution in [0.2, 0.25) is 10.0 Å². The predicted molar refractivity (Wildman–Crippen MR) is 191 cm³/mol. The Morgan fingerprint density at radius 3 is 2.43 bits per heavy atom. The maximum absolute atomic E-state index is 12.6. The zero-order valence-corrected chi connectivity index (χ0v) is 30.5. The van der Waals surface area contributed by atoms with Gasteiger partial charge in [-0.15, -0.1) is 0 Å². The number of urea groups is 1. The Morgan fingerprint density at radius 1 is 1.02 bits per heavy atom. The first-order valence-corrected chi connectivity index (χ1v) is 16.6. The number of carbonyl (C=O) groups excluding carboxylic acids is 3. The molecule has 3 aromatic rings. The minimum absolute atomic E-state index is 0.181. The second-order valence-electron chi connectivity index (χ2n) is 9.63. The minimum Gasteiger partial charge on any atom is -0.493 e. The van der Waals surface area contributed by atoms with Crippen LogP contribution in [0.1, 0.15) is 36.6 Å². The number of hydrogen-bond acceptors (Lipinski definition) is 8. The molecule has 0 saturated heterocycles. The second kappa shape index (κ2) is 16.5. The van der Waals surface area contributed by atoms with E-state index in [-0.39, 0.29) is 24.5 Å². The van der Waals surface area contributed by atoms with Crippen LogP contribution >= 0.6 is 68.4 Å². The highest BCUT2D eigenvalue weighted by molar-refractivity contribution is 14.1. The van der Waals surface area contributed by atoms with Gasteiger partial charge in [0.05, 0.1) is 48.7 Å². The lowest BCUT2D eigenvalue weighted by Gasteiger charge is -2.28. The van der Waals surface area contributed by atoms with Gasteiger partial charge < -0.3 is 29.6 Å². The minimum atomic E-state index is -0.775. The summed E-state index contributed by atoms with van der Waals surface area (Å²) >= 11 is 16.4. The van der Waals surface area contributed by atoms with Gasteiger partial charge in [-0.3, -0.25) is 4.79 Å². The van der Waals surface area contributed by atoms with Crippen LogP contribution in [-0.2, 0) is 20.9 Å². The second-order valence-corrected chi connectivity index (χ2v) is 12.8. The Labute approximate surface area is 302 Å². The van der Waals surface area contributed by atoms with Crippen LogP contribution < -0.4 is 30.3 Å². The Kier molecular flexibility index (Phi) is 12.8. The molecule has 0 aromatic heterocycles. The predicted octanol–water partition coefficient (Wildman–Crippen LogP) is 6.51. The number of nitrogens with one attached hydrogen (secondary N) is 3. The molecule has 242 valence electrons. The maximum Gasteiger partial charge on any atom is 0.338 e. The average Bonchev–Trinajstić information content (AvgIpc) is 3.01. The van der Waals surface area contributed by atoms with Crippen LogP contribution in [0.5, 0.6) is 17.2 Å². The molecule has 0 bridgehead atoms. The lowest BCUT2D eigenvalue weighted by atomic mass is 9.95. The monoisotopic (exact) mass is 892 g/mol. The summed E-state index contributed by atoms with van der Waals surface area (Å²) in [5.41, 5.74) is 5.30. The SMILES string of the molecule is CCOC(=O)C1=C(C)NC(=O)N[C@@H]1c1ccc(OCC(=O)N/N=C/c2cc(I)c(OCc3ccc(Cl)c(Cl)c3)c(I)c2)c(OC)c1. The van der Waals surface area contributed by atoms with Crippen LogP contribution in [0.25, 0.3) is 0 Å². The van der Waals surface area contributed by atoms with Crippen molar-refractivity contribution < 1.29 is 33.3 Å². The molecule has 0 radical (unpaired) electrons. The van der Waals surface area contributed by atoms with Gasteiger partial charge in [0.15, 0.2) is 18.1 Å². The first-order valence-electron chi connectivity index (χ1n) is 13.6. The summed E-state index contributed by atoms with van der Waals surface area (Å²) in [6, 6.07) is 12.7. The van der Waals surface area contributed by atoms with Crippen molar-refractivity contribution in [3.8, 4) is 17.2 Å². The van der Waals surface area contributed by atoms with Crippen molar-refractivity contribution in [1.82, 2.24) is 16.1 Å². The Bertz CT molecular complexity index is 1700. The van der Waals surface area contributed by atoms with Crippen LogP contribution in [0.4, 0.5) is 4.79 Å². The molecule has 3 amide bonds. The van der Waals surface area contributed by atoms with Gasteiger partial charge in [-0.1, -0.05) is 35.3 Å². The molecule has 1 heterocycles. The zero-order chi connectivity index (χ0) is 33.4. The molecule has 0 saturated carbocycles. The van der Waals surface area contributed by atoms with E-state index >= 15 is 0 Å². The number of ether oxygens (including phenoxy) is 4. The highest BCUT2D eigenvalue weighted by atomic mass is 127. The molecule has 1 aliphatic rings. The molecule has 0 aliphatic carbocycles. The number of hydrogen-bond donors (Lipinski definition) is 3. The number of rotatable bonds is 12. The van der Waals surface area contributed by atoms with Gasteiger partial charge in [-0.2, -0.15) is 5.10 Å². The summed E-state index contributed by atoms with van der Waals surface area (Å²) in [4.78, 5) is 37.3. The van der Waals surface area contributed by atoms with Crippen molar-refractivity contribution in [1.29, 1.82) is 0 Å². The summed E-state index contributed by atoms with van der Waals surface area (Å²) in [6.07, 6.45) is 1.52. The number of nitrogens with zero attached hydrogens (tertiary/aromatic N) is 1. The van der Waals surface area contributed by atoms with Crippen LogP contribution in [0.15, 0.2) is 64.9 Å².